The molecule has 0 aliphatic heterocycles. The van der Waals surface area contributed by atoms with Gasteiger partial charge in [0.25, 0.3) is 0 Å². The molecule has 1 unspecified atom stereocenters. The Bertz CT molecular complexity index is 366. The summed E-state index contributed by atoms with van der Waals surface area (Å²) in [6, 6.07) is 4.61. The van der Waals surface area contributed by atoms with E-state index in [9.17, 15) is 9.50 Å². The Kier molecular flexibility index (Phi) is 5.37. The summed E-state index contributed by atoms with van der Waals surface area (Å²) in [5.74, 6) is -0.333. The van der Waals surface area contributed by atoms with Crippen molar-refractivity contribution in [3.05, 3.63) is 34.6 Å². The molecule has 0 aromatic heterocycles. The molecule has 0 saturated carbocycles. The normalized spacial score (nSPS) is 14.6. The monoisotopic (exact) mass is 259 g/mol. The molecule has 1 aromatic rings. The van der Waals surface area contributed by atoms with Gasteiger partial charge < -0.3 is 10.8 Å². The lowest BCUT2D eigenvalue weighted by Gasteiger charge is -2.30. The lowest BCUT2D eigenvalue weighted by Crippen LogP contribution is -2.36. The highest BCUT2D eigenvalue weighted by molar-refractivity contribution is 6.30. The zero-order valence-corrected chi connectivity index (χ0v) is 10.8. The van der Waals surface area contributed by atoms with Gasteiger partial charge in [0.05, 0.1) is 6.61 Å². The van der Waals surface area contributed by atoms with Gasteiger partial charge in [-0.1, -0.05) is 31.0 Å². The summed E-state index contributed by atoms with van der Waals surface area (Å²) >= 11 is 5.70. The molecule has 0 fully saturated rings. The maximum atomic E-state index is 13.7. The van der Waals surface area contributed by atoms with Crippen LogP contribution in [-0.2, 0) is 6.42 Å². The van der Waals surface area contributed by atoms with Gasteiger partial charge >= 0.3 is 0 Å². The van der Waals surface area contributed by atoms with E-state index in [2.05, 4.69) is 0 Å². The van der Waals surface area contributed by atoms with Crippen LogP contribution in [0.5, 0.6) is 0 Å². The predicted octanol–water partition coefficient (Wildman–Crippen LogP) is 2.76. The summed E-state index contributed by atoms with van der Waals surface area (Å²) in [6.07, 6.45) is 2.13. The Hall–Kier alpha value is -0.640. The van der Waals surface area contributed by atoms with Gasteiger partial charge in [-0.25, -0.2) is 4.39 Å². The number of benzene rings is 1. The number of hydrogen-bond acceptors (Lipinski definition) is 2. The zero-order chi connectivity index (χ0) is 12.9. The van der Waals surface area contributed by atoms with Gasteiger partial charge in [0.1, 0.15) is 5.82 Å². The van der Waals surface area contributed by atoms with E-state index in [-0.39, 0.29) is 12.4 Å². The van der Waals surface area contributed by atoms with E-state index in [4.69, 9.17) is 17.3 Å². The van der Waals surface area contributed by atoms with Crippen LogP contribution in [0.2, 0.25) is 5.02 Å². The topological polar surface area (TPSA) is 46.2 Å². The molecule has 0 heterocycles. The Balaban J connectivity index is 2.92. The second-order valence-corrected chi connectivity index (χ2v) is 4.96. The smallest absolute Gasteiger partial charge is 0.127 e. The largest absolute Gasteiger partial charge is 0.396 e. The fourth-order valence-electron chi connectivity index (χ4n) is 2.06. The van der Waals surface area contributed by atoms with E-state index in [1.54, 1.807) is 12.1 Å². The van der Waals surface area contributed by atoms with Crippen LogP contribution in [0.25, 0.3) is 0 Å². The number of aliphatic hydroxyl groups is 1. The van der Waals surface area contributed by atoms with E-state index in [0.29, 0.717) is 23.6 Å². The summed E-state index contributed by atoms with van der Waals surface area (Å²) in [7, 11) is 0. The average molecular weight is 260 g/mol. The van der Waals surface area contributed by atoms with Gasteiger partial charge in [-0.2, -0.15) is 0 Å². The first-order chi connectivity index (χ1) is 8.06. The molecule has 1 aromatic carbocycles. The highest BCUT2D eigenvalue weighted by Crippen LogP contribution is 2.29. The van der Waals surface area contributed by atoms with Crippen molar-refractivity contribution in [1.82, 2.24) is 0 Å². The van der Waals surface area contributed by atoms with Crippen molar-refractivity contribution in [2.45, 2.75) is 26.2 Å². The van der Waals surface area contributed by atoms with Crippen LogP contribution < -0.4 is 5.73 Å². The van der Waals surface area contributed by atoms with Crippen LogP contribution in [0.1, 0.15) is 25.3 Å². The highest BCUT2D eigenvalue weighted by atomic mass is 35.5. The van der Waals surface area contributed by atoms with Crippen LogP contribution in [0, 0.1) is 11.2 Å². The van der Waals surface area contributed by atoms with Crippen molar-refractivity contribution in [3.63, 3.8) is 0 Å². The molecule has 0 saturated heterocycles. The predicted molar refractivity (Wildman–Crippen MR) is 68.6 cm³/mol. The molecule has 2 nitrogen and oxygen atoms in total. The molecule has 1 rings (SSSR count). The zero-order valence-electron chi connectivity index (χ0n) is 10.0. The summed E-state index contributed by atoms with van der Waals surface area (Å²) < 4.78 is 13.7. The summed E-state index contributed by atoms with van der Waals surface area (Å²) in [5.41, 5.74) is 5.85. The minimum atomic E-state index is -0.427. The second kappa shape index (κ2) is 6.34. The van der Waals surface area contributed by atoms with Crippen LogP contribution in [0.15, 0.2) is 18.2 Å². The van der Waals surface area contributed by atoms with Crippen LogP contribution in [0.3, 0.4) is 0 Å². The number of hydrogen-bond donors (Lipinski definition) is 2. The van der Waals surface area contributed by atoms with Crippen LogP contribution in [0.4, 0.5) is 4.39 Å². The molecule has 0 aliphatic rings. The maximum Gasteiger partial charge on any atom is 0.127 e. The Morgan fingerprint density at radius 1 is 1.47 bits per heavy atom. The average Bonchev–Trinajstić information content (AvgIpc) is 2.32. The number of rotatable bonds is 6. The van der Waals surface area contributed by atoms with Crippen LogP contribution in [-0.4, -0.2) is 18.3 Å². The van der Waals surface area contributed by atoms with E-state index in [0.717, 1.165) is 12.8 Å². The minimum absolute atomic E-state index is 0.0284. The lowest BCUT2D eigenvalue weighted by molar-refractivity contribution is 0.120. The van der Waals surface area contributed by atoms with Crippen molar-refractivity contribution in [3.8, 4) is 0 Å². The first-order valence-electron chi connectivity index (χ1n) is 5.82. The third kappa shape index (κ3) is 3.66. The van der Waals surface area contributed by atoms with Crippen LogP contribution >= 0.6 is 11.6 Å². The molecule has 0 radical (unpaired) electrons. The summed E-state index contributed by atoms with van der Waals surface area (Å²) in [5, 5.41) is 9.86. The second-order valence-electron chi connectivity index (χ2n) is 4.52. The summed E-state index contributed by atoms with van der Waals surface area (Å²) in [4.78, 5) is 0. The Morgan fingerprint density at radius 2 is 2.18 bits per heavy atom. The standard InChI is InChI=1S/C13H19ClFNO/c1-2-5-13(8-16,9-17)7-10-3-4-11(14)6-12(10)15/h3-4,6,17H,2,5,7-9,16H2,1H3. The molecule has 1 atom stereocenters. The van der Waals surface area contributed by atoms with Crippen molar-refractivity contribution in [2.75, 3.05) is 13.2 Å². The van der Waals surface area contributed by atoms with E-state index in [1.807, 2.05) is 6.92 Å². The molecule has 0 aliphatic carbocycles. The van der Waals surface area contributed by atoms with E-state index < -0.39 is 5.41 Å². The van der Waals surface area contributed by atoms with Gasteiger partial charge in [-0.15, -0.1) is 0 Å². The van der Waals surface area contributed by atoms with Crippen molar-refractivity contribution in [1.29, 1.82) is 0 Å². The number of aliphatic hydroxyl groups excluding tert-OH is 1. The molecule has 96 valence electrons. The molecule has 0 amide bonds. The summed E-state index contributed by atoms with van der Waals surface area (Å²) in [6.45, 7) is 2.34. The Labute approximate surface area is 107 Å². The molecular weight excluding hydrogens is 241 g/mol. The van der Waals surface area contributed by atoms with Gasteiger partial charge in [0, 0.05) is 17.0 Å². The number of halogens is 2. The van der Waals surface area contributed by atoms with Crippen molar-refractivity contribution in [2.24, 2.45) is 11.1 Å². The fraction of sp³-hybridized carbons (Fsp3) is 0.538. The van der Waals surface area contributed by atoms with Crippen molar-refractivity contribution < 1.29 is 9.50 Å². The third-order valence-electron chi connectivity index (χ3n) is 3.13. The molecule has 3 N–H and O–H groups in total. The molecular formula is C13H19ClFNO. The fourth-order valence-corrected chi connectivity index (χ4v) is 2.22. The van der Waals surface area contributed by atoms with Gasteiger partial charge in [-0.3, -0.25) is 0 Å². The lowest BCUT2D eigenvalue weighted by atomic mass is 9.78. The molecule has 17 heavy (non-hydrogen) atoms. The van der Waals surface area contributed by atoms with Gasteiger partial charge in [0.15, 0.2) is 0 Å². The van der Waals surface area contributed by atoms with E-state index >= 15 is 0 Å². The SMILES string of the molecule is CCCC(CN)(CO)Cc1ccc(Cl)cc1F. The Morgan fingerprint density at radius 3 is 2.65 bits per heavy atom. The number of nitrogens with two attached hydrogens (primary N) is 1. The van der Waals surface area contributed by atoms with E-state index in [1.165, 1.54) is 6.07 Å². The highest BCUT2D eigenvalue weighted by Gasteiger charge is 2.28. The molecule has 4 heteroatoms. The maximum absolute atomic E-state index is 13.7. The molecule has 0 bridgehead atoms. The first-order valence-corrected chi connectivity index (χ1v) is 6.19. The quantitative estimate of drug-likeness (QED) is 0.825. The van der Waals surface area contributed by atoms with Gasteiger partial charge in [-0.05, 0) is 30.5 Å². The third-order valence-corrected chi connectivity index (χ3v) is 3.36. The van der Waals surface area contributed by atoms with Crippen molar-refractivity contribution >= 4 is 11.6 Å². The minimum Gasteiger partial charge on any atom is -0.396 e. The first kappa shape index (κ1) is 14.4. The molecule has 0 spiro atoms. The van der Waals surface area contributed by atoms with Gasteiger partial charge in [0.2, 0.25) is 0 Å².